The molecule has 0 aromatic heterocycles. The SMILES string of the molecule is CS(=O)(=O)c1cccc(NCC2(CCO)CC2)c1[N+](=O)[O-]. The number of aliphatic hydroxyl groups excluding tert-OH is 1. The van der Waals surface area contributed by atoms with Crippen LogP contribution in [0.5, 0.6) is 0 Å². The van der Waals surface area contributed by atoms with Gasteiger partial charge in [-0.15, -0.1) is 0 Å². The van der Waals surface area contributed by atoms with Crippen LogP contribution in [0.4, 0.5) is 11.4 Å². The Morgan fingerprint density at radius 2 is 2.10 bits per heavy atom. The molecule has 8 heteroatoms. The second kappa shape index (κ2) is 5.61. The van der Waals surface area contributed by atoms with Gasteiger partial charge in [0.15, 0.2) is 9.84 Å². The van der Waals surface area contributed by atoms with Gasteiger partial charge in [-0.05, 0) is 36.8 Å². The van der Waals surface area contributed by atoms with Crippen LogP contribution in [0, 0.1) is 15.5 Å². The van der Waals surface area contributed by atoms with E-state index in [4.69, 9.17) is 5.11 Å². The minimum absolute atomic E-state index is 0.0241. The molecule has 0 amide bonds. The molecule has 1 saturated carbocycles. The van der Waals surface area contributed by atoms with E-state index in [2.05, 4.69) is 5.32 Å². The second-order valence-corrected chi connectivity index (χ2v) is 7.49. The minimum atomic E-state index is -3.67. The van der Waals surface area contributed by atoms with Crippen LogP contribution in [0.1, 0.15) is 19.3 Å². The lowest BCUT2D eigenvalue weighted by molar-refractivity contribution is -0.386. The first-order valence-electron chi connectivity index (χ1n) is 6.61. The average molecular weight is 314 g/mol. The van der Waals surface area contributed by atoms with E-state index in [0.29, 0.717) is 13.0 Å². The molecule has 1 aromatic carbocycles. The smallest absolute Gasteiger partial charge is 0.310 e. The van der Waals surface area contributed by atoms with Gasteiger partial charge in [0.2, 0.25) is 0 Å². The predicted molar refractivity (Wildman–Crippen MR) is 78.1 cm³/mol. The van der Waals surface area contributed by atoms with Crippen molar-refractivity contribution in [1.29, 1.82) is 0 Å². The Kier molecular flexibility index (Phi) is 4.20. The fourth-order valence-electron chi connectivity index (χ4n) is 2.36. The summed E-state index contributed by atoms with van der Waals surface area (Å²) < 4.78 is 23.3. The number of benzene rings is 1. The van der Waals surface area contributed by atoms with E-state index in [1.807, 2.05) is 0 Å². The normalized spacial score (nSPS) is 16.5. The molecule has 0 radical (unpaired) electrons. The van der Waals surface area contributed by atoms with Gasteiger partial charge < -0.3 is 10.4 Å². The Morgan fingerprint density at radius 1 is 1.43 bits per heavy atom. The highest BCUT2D eigenvalue weighted by molar-refractivity contribution is 7.90. The highest BCUT2D eigenvalue weighted by Gasteiger charge is 2.42. The van der Waals surface area contributed by atoms with Gasteiger partial charge in [0.25, 0.3) is 0 Å². The molecule has 0 saturated heterocycles. The highest BCUT2D eigenvalue weighted by atomic mass is 32.2. The van der Waals surface area contributed by atoms with Crippen molar-refractivity contribution in [3.05, 3.63) is 28.3 Å². The topological polar surface area (TPSA) is 110 Å². The van der Waals surface area contributed by atoms with E-state index in [1.165, 1.54) is 18.2 Å². The maximum absolute atomic E-state index is 11.7. The van der Waals surface area contributed by atoms with E-state index in [0.717, 1.165) is 19.1 Å². The van der Waals surface area contributed by atoms with Crippen LogP contribution >= 0.6 is 0 Å². The Bertz CT molecular complexity index is 653. The van der Waals surface area contributed by atoms with Gasteiger partial charge in [0.05, 0.1) is 4.92 Å². The fourth-order valence-corrected chi connectivity index (χ4v) is 3.23. The molecule has 1 aliphatic rings. The van der Waals surface area contributed by atoms with Crippen LogP contribution in [-0.4, -0.2) is 37.9 Å². The molecule has 7 nitrogen and oxygen atoms in total. The van der Waals surface area contributed by atoms with Gasteiger partial charge in [-0.1, -0.05) is 6.07 Å². The van der Waals surface area contributed by atoms with E-state index in [1.54, 1.807) is 0 Å². The van der Waals surface area contributed by atoms with Crippen molar-refractivity contribution < 1.29 is 18.4 Å². The lowest BCUT2D eigenvalue weighted by atomic mass is 10.0. The summed E-state index contributed by atoms with van der Waals surface area (Å²) >= 11 is 0. The van der Waals surface area contributed by atoms with Crippen LogP contribution in [0.2, 0.25) is 0 Å². The zero-order chi connectivity index (χ0) is 15.7. The number of nitro benzene ring substituents is 1. The Labute approximate surface area is 123 Å². The average Bonchev–Trinajstić information content (AvgIpc) is 3.15. The number of nitrogens with one attached hydrogen (secondary N) is 1. The third-order valence-electron chi connectivity index (χ3n) is 3.83. The Balaban J connectivity index is 2.30. The number of para-hydroxylation sites is 1. The summed E-state index contributed by atoms with van der Waals surface area (Å²) in [4.78, 5) is 10.3. The molecule has 0 aliphatic heterocycles. The lowest BCUT2D eigenvalue weighted by Gasteiger charge is -2.16. The molecule has 1 fully saturated rings. The van der Waals surface area contributed by atoms with E-state index in [9.17, 15) is 18.5 Å². The summed E-state index contributed by atoms with van der Waals surface area (Å²) in [6, 6.07) is 4.22. The van der Waals surface area contributed by atoms with Gasteiger partial charge in [0.1, 0.15) is 10.6 Å². The maximum atomic E-state index is 11.7. The summed E-state index contributed by atoms with van der Waals surface area (Å²) in [6.45, 7) is 0.564. The monoisotopic (exact) mass is 314 g/mol. The number of anilines is 1. The largest absolute Gasteiger partial charge is 0.396 e. The molecule has 0 atom stereocenters. The van der Waals surface area contributed by atoms with Crippen LogP contribution in [0.15, 0.2) is 23.1 Å². The third kappa shape index (κ3) is 3.51. The van der Waals surface area contributed by atoms with Gasteiger partial charge in [-0.3, -0.25) is 10.1 Å². The Morgan fingerprint density at radius 3 is 2.57 bits per heavy atom. The maximum Gasteiger partial charge on any atom is 0.310 e. The van der Waals surface area contributed by atoms with Crippen molar-refractivity contribution in [2.45, 2.75) is 24.2 Å². The van der Waals surface area contributed by atoms with Crippen LogP contribution in [-0.2, 0) is 9.84 Å². The van der Waals surface area contributed by atoms with E-state index >= 15 is 0 Å². The first kappa shape index (κ1) is 15.7. The molecule has 0 spiro atoms. The number of hydrogen-bond donors (Lipinski definition) is 2. The fraction of sp³-hybridized carbons (Fsp3) is 0.538. The molecular weight excluding hydrogens is 296 g/mol. The highest BCUT2D eigenvalue weighted by Crippen LogP contribution is 2.49. The molecule has 0 bridgehead atoms. The second-order valence-electron chi connectivity index (χ2n) is 5.51. The molecule has 0 unspecified atom stereocenters. The van der Waals surface area contributed by atoms with Gasteiger partial charge in [0, 0.05) is 19.4 Å². The van der Waals surface area contributed by atoms with Crippen molar-refractivity contribution in [1.82, 2.24) is 0 Å². The zero-order valence-corrected chi connectivity index (χ0v) is 12.5. The van der Waals surface area contributed by atoms with Crippen molar-refractivity contribution >= 4 is 21.2 Å². The van der Waals surface area contributed by atoms with Crippen molar-refractivity contribution in [2.24, 2.45) is 5.41 Å². The summed E-state index contributed by atoms with van der Waals surface area (Å²) in [5, 5.41) is 23.2. The first-order chi connectivity index (χ1) is 9.79. The molecule has 2 N–H and O–H groups in total. The number of sulfone groups is 1. The number of nitrogens with zero attached hydrogens (tertiary/aromatic N) is 1. The van der Waals surface area contributed by atoms with E-state index < -0.39 is 20.4 Å². The molecule has 2 rings (SSSR count). The number of nitro groups is 1. The van der Waals surface area contributed by atoms with Gasteiger partial charge in [-0.25, -0.2) is 8.42 Å². The van der Waals surface area contributed by atoms with Crippen molar-refractivity contribution in [3.8, 4) is 0 Å². The summed E-state index contributed by atoms with van der Waals surface area (Å²) in [5.41, 5.74) is -0.240. The quantitative estimate of drug-likeness (QED) is 0.584. The molecule has 1 aliphatic carbocycles. The van der Waals surface area contributed by atoms with Gasteiger partial charge in [-0.2, -0.15) is 0 Å². The number of hydrogen-bond acceptors (Lipinski definition) is 6. The van der Waals surface area contributed by atoms with Crippen LogP contribution < -0.4 is 5.32 Å². The summed E-state index contributed by atoms with van der Waals surface area (Å²) in [5.74, 6) is 0. The molecule has 21 heavy (non-hydrogen) atoms. The summed E-state index contributed by atoms with van der Waals surface area (Å²) in [7, 11) is -3.67. The number of rotatable bonds is 7. The minimum Gasteiger partial charge on any atom is -0.396 e. The summed E-state index contributed by atoms with van der Waals surface area (Å²) in [6.07, 6.45) is 3.51. The lowest BCUT2D eigenvalue weighted by Crippen LogP contribution is -2.18. The molecule has 0 heterocycles. The van der Waals surface area contributed by atoms with Crippen LogP contribution in [0.25, 0.3) is 0 Å². The van der Waals surface area contributed by atoms with Crippen molar-refractivity contribution in [3.63, 3.8) is 0 Å². The zero-order valence-electron chi connectivity index (χ0n) is 11.7. The van der Waals surface area contributed by atoms with E-state index in [-0.39, 0.29) is 22.6 Å². The standard InChI is InChI=1S/C13H18N2O5S/c1-21(19,20)11-4-2-3-10(12(11)15(17)18)14-9-13(5-6-13)7-8-16/h2-4,14,16H,5-9H2,1H3. The van der Waals surface area contributed by atoms with Crippen molar-refractivity contribution in [2.75, 3.05) is 24.7 Å². The predicted octanol–water partition coefficient (Wildman–Crippen LogP) is 1.57. The Hall–Kier alpha value is -1.67. The van der Waals surface area contributed by atoms with Crippen LogP contribution in [0.3, 0.4) is 0 Å². The third-order valence-corrected chi connectivity index (χ3v) is 4.96. The van der Waals surface area contributed by atoms with Gasteiger partial charge >= 0.3 is 5.69 Å². The molecule has 1 aromatic rings. The molecule has 116 valence electrons. The first-order valence-corrected chi connectivity index (χ1v) is 8.50. The molecular formula is C13H18N2O5S. The number of aliphatic hydroxyl groups is 1.